The van der Waals surface area contributed by atoms with Crippen LogP contribution in [0.4, 0.5) is 0 Å². The van der Waals surface area contributed by atoms with Crippen LogP contribution in [-0.4, -0.2) is 13.1 Å². The Balaban J connectivity index is 2.85. The molecule has 0 heterocycles. The van der Waals surface area contributed by atoms with E-state index in [4.69, 9.17) is 23.2 Å². The normalized spacial score (nSPS) is 11.2. The highest BCUT2D eigenvalue weighted by Crippen LogP contribution is 2.37. The van der Waals surface area contributed by atoms with E-state index in [1.165, 1.54) is 7.11 Å². The maximum absolute atomic E-state index is 11.1. The first-order valence-corrected chi connectivity index (χ1v) is 5.71. The standard InChI is InChI=1S/C10H9BrCl2O2/c1-15-9(14)6-10(12,13)7-2-4-8(11)5-3-7/h2-5H,6H2,1H3. The molecule has 0 radical (unpaired) electrons. The molecule has 0 aliphatic heterocycles. The highest BCUT2D eigenvalue weighted by atomic mass is 79.9. The van der Waals surface area contributed by atoms with E-state index >= 15 is 0 Å². The van der Waals surface area contributed by atoms with E-state index in [-0.39, 0.29) is 6.42 Å². The molecular formula is C10H9BrCl2O2. The van der Waals surface area contributed by atoms with E-state index in [1.807, 2.05) is 12.1 Å². The summed E-state index contributed by atoms with van der Waals surface area (Å²) in [7, 11) is 1.30. The first kappa shape index (κ1) is 12.8. The van der Waals surface area contributed by atoms with Crippen molar-refractivity contribution in [1.82, 2.24) is 0 Å². The maximum atomic E-state index is 11.1. The Hall–Kier alpha value is -0.250. The van der Waals surface area contributed by atoms with Crippen molar-refractivity contribution in [3.8, 4) is 0 Å². The molecule has 1 aromatic rings. The third-order valence-electron chi connectivity index (χ3n) is 1.86. The fraction of sp³-hybridized carbons (Fsp3) is 0.300. The van der Waals surface area contributed by atoms with Gasteiger partial charge in [-0.1, -0.05) is 51.3 Å². The predicted octanol–water partition coefficient (Wildman–Crippen LogP) is 3.64. The molecule has 0 bridgehead atoms. The van der Waals surface area contributed by atoms with E-state index in [2.05, 4.69) is 20.7 Å². The molecule has 15 heavy (non-hydrogen) atoms. The number of carbonyl (C=O) groups is 1. The molecule has 1 rings (SSSR count). The second-order valence-corrected chi connectivity index (χ2v) is 5.36. The van der Waals surface area contributed by atoms with Gasteiger partial charge in [0, 0.05) is 4.47 Å². The minimum absolute atomic E-state index is 0.0752. The lowest BCUT2D eigenvalue weighted by atomic mass is 10.1. The Labute approximate surface area is 107 Å². The van der Waals surface area contributed by atoms with Crippen LogP contribution in [0.5, 0.6) is 0 Å². The third kappa shape index (κ3) is 3.67. The zero-order chi connectivity index (χ0) is 11.5. The fourth-order valence-electron chi connectivity index (χ4n) is 1.05. The second kappa shape index (κ2) is 5.19. The van der Waals surface area contributed by atoms with Gasteiger partial charge in [0.15, 0.2) is 4.33 Å². The molecule has 0 saturated carbocycles. The number of hydrogen-bond donors (Lipinski definition) is 0. The van der Waals surface area contributed by atoms with Crippen LogP contribution in [0, 0.1) is 0 Å². The number of ether oxygens (including phenoxy) is 1. The molecule has 5 heteroatoms. The fourth-order valence-corrected chi connectivity index (χ4v) is 1.78. The van der Waals surface area contributed by atoms with Gasteiger partial charge in [0.25, 0.3) is 0 Å². The van der Waals surface area contributed by atoms with Gasteiger partial charge in [0.1, 0.15) is 0 Å². The van der Waals surface area contributed by atoms with Gasteiger partial charge in [0.2, 0.25) is 0 Å². The molecule has 0 N–H and O–H groups in total. The lowest BCUT2D eigenvalue weighted by Crippen LogP contribution is -2.17. The van der Waals surface area contributed by atoms with Crippen molar-refractivity contribution in [1.29, 1.82) is 0 Å². The van der Waals surface area contributed by atoms with Crippen molar-refractivity contribution in [3.63, 3.8) is 0 Å². The molecule has 0 fully saturated rings. The van der Waals surface area contributed by atoms with Crippen LogP contribution in [0.25, 0.3) is 0 Å². The Morgan fingerprint density at radius 1 is 1.40 bits per heavy atom. The van der Waals surface area contributed by atoms with Crippen LogP contribution >= 0.6 is 39.1 Å². The molecule has 0 aliphatic rings. The predicted molar refractivity (Wildman–Crippen MR) is 64.2 cm³/mol. The van der Waals surface area contributed by atoms with Crippen molar-refractivity contribution in [2.45, 2.75) is 10.8 Å². The van der Waals surface area contributed by atoms with Crippen molar-refractivity contribution < 1.29 is 9.53 Å². The molecule has 0 amide bonds. The number of alkyl halides is 2. The van der Waals surface area contributed by atoms with Crippen molar-refractivity contribution >= 4 is 45.1 Å². The number of esters is 1. The van der Waals surface area contributed by atoms with Crippen molar-refractivity contribution in [2.24, 2.45) is 0 Å². The number of rotatable bonds is 3. The smallest absolute Gasteiger partial charge is 0.308 e. The lowest BCUT2D eigenvalue weighted by Gasteiger charge is -2.18. The van der Waals surface area contributed by atoms with Gasteiger partial charge < -0.3 is 4.74 Å². The van der Waals surface area contributed by atoms with Crippen LogP contribution < -0.4 is 0 Å². The Morgan fingerprint density at radius 3 is 2.40 bits per heavy atom. The topological polar surface area (TPSA) is 26.3 Å². The number of methoxy groups -OCH3 is 1. The first-order chi connectivity index (χ1) is 6.95. The van der Waals surface area contributed by atoms with Gasteiger partial charge in [-0.2, -0.15) is 0 Å². The van der Waals surface area contributed by atoms with Crippen LogP contribution in [0.2, 0.25) is 0 Å². The van der Waals surface area contributed by atoms with E-state index in [9.17, 15) is 4.79 Å². The van der Waals surface area contributed by atoms with Gasteiger partial charge in [-0.15, -0.1) is 0 Å². The summed E-state index contributed by atoms with van der Waals surface area (Å²) in [6.07, 6.45) is -0.0752. The summed E-state index contributed by atoms with van der Waals surface area (Å²) in [4.78, 5) is 11.1. The lowest BCUT2D eigenvalue weighted by molar-refractivity contribution is -0.140. The zero-order valence-electron chi connectivity index (χ0n) is 7.97. The number of carbonyl (C=O) groups excluding carboxylic acids is 1. The quantitative estimate of drug-likeness (QED) is 0.629. The van der Waals surface area contributed by atoms with Gasteiger partial charge >= 0.3 is 5.97 Å². The zero-order valence-corrected chi connectivity index (χ0v) is 11.1. The highest BCUT2D eigenvalue weighted by Gasteiger charge is 2.30. The number of benzene rings is 1. The highest BCUT2D eigenvalue weighted by molar-refractivity contribution is 9.10. The maximum Gasteiger partial charge on any atom is 0.308 e. The average molecular weight is 312 g/mol. The van der Waals surface area contributed by atoms with Gasteiger partial charge in [-0.25, -0.2) is 0 Å². The Kier molecular flexibility index (Phi) is 4.44. The molecule has 0 aliphatic carbocycles. The average Bonchev–Trinajstić information content (AvgIpc) is 2.17. The van der Waals surface area contributed by atoms with Crippen LogP contribution in [0.15, 0.2) is 28.7 Å². The number of halogens is 3. The van der Waals surface area contributed by atoms with E-state index in [1.54, 1.807) is 12.1 Å². The van der Waals surface area contributed by atoms with Gasteiger partial charge in [-0.05, 0) is 17.7 Å². The minimum atomic E-state index is -1.24. The monoisotopic (exact) mass is 310 g/mol. The molecular weight excluding hydrogens is 303 g/mol. The summed E-state index contributed by atoms with van der Waals surface area (Å²) in [6.45, 7) is 0. The summed E-state index contributed by atoms with van der Waals surface area (Å²) in [5, 5.41) is 0. The molecule has 0 saturated heterocycles. The summed E-state index contributed by atoms with van der Waals surface area (Å²) in [6, 6.07) is 7.14. The largest absolute Gasteiger partial charge is 0.469 e. The Morgan fingerprint density at radius 2 is 1.93 bits per heavy atom. The van der Waals surface area contributed by atoms with Crippen LogP contribution in [0.1, 0.15) is 12.0 Å². The summed E-state index contributed by atoms with van der Waals surface area (Å²) >= 11 is 15.4. The SMILES string of the molecule is COC(=O)CC(Cl)(Cl)c1ccc(Br)cc1. The third-order valence-corrected chi connectivity index (χ3v) is 3.09. The van der Waals surface area contributed by atoms with Gasteiger partial charge in [0.05, 0.1) is 13.5 Å². The van der Waals surface area contributed by atoms with Crippen molar-refractivity contribution in [2.75, 3.05) is 7.11 Å². The van der Waals surface area contributed by atoms with Crippen LogP contribution in [-0.2, 0) is 13.9 Å². The molecule has 1 aromatic carbocycles. The summed E-state index contributed by atoms with van der Waals surface area (Å²) in [5.74, 6) is -0.442. The summed E-state index contributed by atoms with van der Waals surface area (Å²) in [5.41, 5.74) is 0.666. The molecule has 0 aromatic heterocycles. The minimum Gasteiger partial charge on any atom is -0.469 e. The summed E-state index contributed by atoms with van der Waals surface area (Å²) < 4.78 is 4.20. The van der Waals surface area contributed by atoms with Crippen molar-refractivity contribution in [3.05, 3.63) is 34.3 Å². The first-order valence-electron chi connectivity index (χ1n) is 4.16. The van der Waals surface area contributed by atoms with E-state index in [0.717, 1.165) is 4.47 Å². The number of hydrogen-bond acceptors (Lipinski definition) is 2. The molecule has 0 atom stereocenters. The Bertz CT molecular complexity index is 349. The van der Waals surface area contributed by atoms with Gasteiger partial charge in [-0.3, -0.25) is 4.79 Å². The van der Waals surface area contributed by atoms with Crippen LogP contribution in [0.3, 0.4) is 0 Å². The molecule has 0 unspecified atom stereocenters. The molecule has 0 spiro atoms. The van der Waals surface area contributed by atoms with E-state index in [0.29, 0.717) is 5.56 Å². The van der Waals surface area contributed by atoms with E-state index < -0.39 is 10.3 Å². The second-order valence-electron chi connectivity index (χ2n) is 2.96. The molecule has 2 nitrogen and oxygen atoms in total. The molecule has 82 valence electrons.